The third kappa shape index (κ3) is 2.66. The first-order chi connectivity index (χ1) is 11.3. The van der Waals surface area contributed by atoms with Crippen LogP contribution in [-0.2, 0) is 4.79 Å². The summed E-state index contributed by atoms with van der Waals surface area (Å²) in [5.74, 6) is 1.60. The van der Waals surface area contributed by atoms with E-state index < -0.39 is 0 Å². The number of hydrogen-bond donors (Lipinski definition) is 1. The van der Waals surface area contributed by atoms with E-state index in [-0.39, 0.29) is 5.91 Å². The molecule has 0 unspecified atom stereocenters. The molecule has 1 amide bonds. The van der Waals surface area contributed by atoms with Gasteiger partial charge >= 0.3 is 0 Å². The van der Waals surface area contributed by atoms with Crippen molar-refractivity contribution in [2.45, 2.75) is 0 Å². The van der Waals surface area contributed by atoms with E-state index >= 15 is 0 Å². The molecule has 0 aliphatic carbocycles. The Morgan fingerprint density at radius 2 is 1.96 bits per heavy atom. The van der Waals surface area contributed by atoms with Gasteiger partial charge in [-0.1, -0.05) is 12.1 Å². The fourth-order valence-corrected chi connectivity index (χ4v) is 2.40. The number of rotatable bonds is 2. The van der Waals surface area contributed by atoms with Crippen LogP contribution in [0, 0.1) is 0 Å². The second-order valence-corrected chi connectivity index (χ2v) is 5.06. The van der Waals surface area contributed by atoms with E-state index in [2.05, 4.69) is 15.3 Å². The van der Waals surface area contributed by atoms with Gasteiger partial charge in [-0.3, -0.25) is 9.78 Å². The molecular weight excluding hydrogens is 294 g/mol. The van der Waals surface area contributed by atoms with E-state index in [1.165, 1.54) is 0 Å². The molecule has 3 heterocycles. The summed E-state index contributed by atoms with van der Waals surface area (Å²) in [4.78, 5) is 20.6. The van der Waals surface area contributed by atoms with Crippen LogP contribution < -0.4 is 14.8 Å². The fraction of sp³-hybridized carbons (Fsp3) is 0.118. The number of aliphatic imine (C=N–C) groups is 1. The maximum absolute atomic E-state index is 12.1. The quantitative estimate of drug-likeness (QED) is 0.858. The van der Waals surface area contributed by atoms with Crippen molar-refractivity contribution in [2.75, 3.05) is 13.2 Å². The number of aromatic nitrogens is 1. The Morgan fingerprint density at radius 3 is 2.78 bits per heavy atom. The smallest absolute Gasteiger partial charge is 0.275 e. The molecule has 0 spiro atoms. The predicted molar refractivity (Wildman–Crippen MR) is 84.3 cm³/mol. The first kappa shape index (κ1) is 13.5. The molecule has 1 aromatic carbocycles. The van der Waals surface area contributed by atoms with Crippen LogP contribution in [-0.4, -0.2) is 29.9 Å². The summed E-state index contributed by atoms with van der Waals surface area (Å²) >= 11 is 0. The van der Waals surface area contributed by atoms with Gasteiger partial charge < -0.3 is 14.8 Å². The molecule has 0 radical (unpaired) electrons. The van der Waals surface area contributed by atoms with Crippen molar-refractivity contribution >= 4 is 17.8 Å². The minimum atomic E-state index is -0.249. The van der Waals surface area contributed by atoms with E-state index in [1.54, 1.807) is 18.3 Å². The molecule has 2 aliphatic heterocycles. The second-order valence-electron chi connectivity index (χ2n) is 5.06. The van der Waals surface area contributed by atoms with Gasteiger partial charge in [0.25, 0.3) is 5.91 Å². The first-order valence-electron chi connectivity index (χ1n) is 7.22. The molecule has 0 atom stereocenters. The Morgan fingerprint density at radius 1 is 1.09 bits per heavy atom. The van der Waals surface area contributed by atoms with Crippen LogP contribution >= 0.6 is 0 Å². The Kier molecular flexibility index (Phi) is 3.27. The van der Waals surface area contributed by atoms with Crippen molar-refractivity contribution in [1.82, 2.24) is 10.3 Å². The van der Waals surface area contributed by atoms with Crippen LogP contribution in [0.5, 0.6) is 11.5 Å². The van der Waals surface area contributed by atoms with Gasteiger partial charge in [0.2, 0.25) is 0 Å². The Labute approximate surface area is 132 Å². The number of ether oxygens (including phenoxy) is 2. The van der Waals surface area contributed by atoms with E-state index in [1.807, 2.05) is 30.3 Å². The number of amidine groups is 1. The maximum Gasteiger partial charge on any atom is 0.275 e. The molecule has 0 saturated carbocycles. The lowest BCUT2D eigenvalue weighted by molar-refractivity contribution is -0.115. The molecule has 1 N–H and O–H groups in total. The molecule has 2 aliphatic rings. The van der Waals surface area contributed by atoms with Crippen LogP contribution in [0.3, 0.4) is 0 Å². The number of nitrogens with one attached hydrogen (secondary N) is 1. The zero-order valence-corrected chi connectivity index (χ0v) is 12.2. The van der Waals surface area contributed by atoms with Crippen molar-refractivity contribution in [1.29, 1.82) is 0 Å². The van der Waals surface area contributed by atoms with Crippen molar-refractivity contribution in [3.8, 4) is 11.5 Å². The van der Waals surface area contributed by atoms with Crippen molar-refractivity contribution in [3.63, 3.8) is 0 Å². The third-order valence-corrected chi connectivity index (χ3v) is 3.47. The Balaban J connectivity index is 1.66. The number of hydrogen-bond acceptors (Lipinski definition) is 5. The highest BCUT2D eigenvalue weighted by molar-refractivity contribution is 6.19. The summed E-state index contributed by atoms with van der Waals surface area (Å²) < 4.78 is 11.0. The molecule has 23 heavy (non-hydrogen) atoms. The van der Waals surface area contributed by atoms with Crippen molar-refractivity contribution in [2.24, 2.45) is 4.99 Å². The van der Waals surface area contributed by atoms with Crippen LogP contribution in [0.25, 0.3) is 6.08 Å². The number of carbonyl (C=O) groups excluding carboxylic acids is 1. The van der Waals surface area contributed by atoms with Crippen LogP contribution in [0.1, 0.15) is 11.3 Å². The number of pyridine rings is 1. The SMILES string of the molecule is O=C1NC(c2ccccn2)=N/C1=C/c1ccc2c(c1)OCCO2. The molecule has 0 bridgehead atoms. The van der Waals surface area contributed by atoms with Gasteiger partial charge in [-0.15, -0.1) is 0 Å². The molecule has 4 rings (SSSR count). The molecule has 0 saturated heterocycles. The summed E-state index contributed by atoms with van der Waals surface area (Å²) in [6, 6.07) is 11.0. The summed E-state index contributed by atoms with van der Waals surface area (Å²) in [6.07, 6.45) is 3.37. The minimum Gasteiger partial charge on any atom is -0.486 e. The van der Waals surface area contributed by atoms with Gasteiger partial charge in [0.1, 0.15) is 24.6 Å². The first-order valence-corrected chi connectivity index (χ1v) is 7.22. The van der Waals surface area contributed by atoms with Crippen LogP contribution in [0.15, 0.2) is 53.3 Å². The standard InChI is InChI=1S/C17H13N3O3/c21-17-13(19-16(20-17)12-3-1-2-6-18-12)9-11-4-5-14-15(10-11)23-8-7-22-14/h1-6,9-10H,7-8H2,(H,19,20,21)/b13-9+. The number of carbonyl (C=O) groups is 1. The Hall–Kier alpha value is -3.15. The van der Waals surface area contributed by atoms with Gasteiger partial charge in [-0.25, -0.2) is 4.99 Å². The lowest BCUT2D eigenvalue weighted by Gasteiger charge is -2.18. The average molecular weight is 307 g/mol. The normalized spacial score (nSPS) is 17.8. The van der Waals surface area contributed by atoms with E-state index in [0.29, 0.717) is 41.9 Å². The summed E-state index contributed by atoms with van der Waals surface area (Å²) in [7, 11) is 0. The molecule has 2 aromatic rings. The Bertz CT molecular complexity index is 828. The van der Waals surface area contributed by atoms with Crippen LogP contribution in [0.2, 0.25) is 0 Å². The highest BCUT2D eigenvalue weighted by atomic mass is 16.6. The van der Waals surface area contributed by atoms with E-state index in [4.69, 9.17) is 9.47 Å². The average Bonchev–Trinajstić information content (AvgIpc) is 2.96. The lowest BCUT2D eigenvalue weighted by Crippen LogP contribution is -2.25. The largest absolute Gasteiger partial charge is 0.486 e. The van der Waals surface area contributed by atoms with E-state index in [0.717, 1.165) is 5.56 Å². The second kappa shape index (κ2) is 5.57. The zero-order chi connectivity index (χ0) is 15.6. The summed E-state index contributed by atoms with van der Waals surface area (Å²) in [5.41, 5.74) is 1.79. The monoisotopic (exact) mass is 307 g/mol. The molecule has 6 heteroatoms. The summed E-state index contributed by atoms with van der Waals surface area (Å²) in [6.45, 7) is 1.07. The van der Waals surface area contributed by atoms with Gasteiger partial charge in [0.15, 0.2) is 17.3 Å². The molecular formula is C17H13N3O3. The lowest BCUT2D eigenvalue weighted by atomic mass is 10.1. The highest BCUT2D eigenvalue weighted by Crippen LogP contribution is 2.31. The van der Waals surface area contributed by atoms with Gasteiger partial charge in [0.05, 0.1) is 0 Å². The number of benzene rings is 1. The summed E-state index contributed by atoms with van der Waals surface area (Å²) in [5, 5.41) is 2.73. The number of fused-ring (bicyclic) bond motifs is 1. The van der Waals surface area contributed by atoms with Crippen molar-refractivity contribution in [3.05, 3.63) is 59.5 Å². The van der Waals surface area contributed by atoms with Gasteiger partial charge in [0, 0.05) is 6.20 Å². The number of nitrogens with zero attached hydrogens (tertiary/aromatic N) is 2. The number of amides is 1. The fourth-order valence-electron chi connectivity index (χ4n) is 2.40. The van der Waals surface area contributed by atoms with Crippen LogP contribution in [0.4, 0.5) is 0 Å². The van der Waals surface area contributed by atoms with Gasteiger partial charge in [-0.2, -0.15) is 0 Å². The maximum atomic E-state index is 12.1. The molecule has 114 valence electrons. The molecule has 0 fully saturated rings. The highest BCUT2D eigenvalue weighted by Gasteiger charge is 2.22. The molecule has 6 nitrogen and oxygen atoms in total. The molecule has 1 aromatic heterocycles. The van der Waals surface area contributed by atoms with E-state index in [9.17, 15) is 4.79 Å². The topological polar surface area (TPSA) is 72.8 Å². The van der Waals surface area contributed by atoms with Crippen molar-refractivity contribution < 1.29 is 14.3 Å². The zero-order valence-electron chi connectivity index (χ0n) is 12.2. The third-order valence-electron chi connectivity index (χ3n) is 3.47. The van der Waals surface area contributed by atoms with Gasteiger partial charge in [-0.05, 0) is 35.9 Å². The predicted octanol–water partition coefficient (Wildman–Crippen LogP) is 1.77. The minimum absolute atomic E-state index is 0.249.